The van der Waals surface area contributed by atoms with Gasteiger partial charge in [-0.05, 0) is 36.4 Å². The molecule has 2 N–H and O–H groups in total. The van der Waals surface area contributed by atoms with Crippen LogP contribution in [0.15, 0.2) is 48.5 Å². The Labute approximate surface area is 184 Å². The lowest BCUT2D eigenvalue weighted by Crippen LogP contribution is -3.19. The highest BCUT2D eigenvalue weighted by Crippen LogP contribution is 2.24. The number of piperazine rings is 1. The molecule has 2 fully saturated rings. The van der Waals surface area contributed by atoms with Gasteiger partial charge in [-0.3, -0.25) is 24.5 Å². The molecule has 2 aliphatic heterocycles. The summed E-state index contributed by atoms with van der Waals surface area (Å²) in [7, 11) is 0. The first kappa shape index (κ1) is 21.4. The monoisotopic (exact) mass is 438 g/mol. The predicted octanol–water partition coefficient (Wildman–Crippen LogP) is 0.590. The van der Waals surface area contributed by atoms with Crippen LogP contribution in [0, 0.1) is 10.1 Å². The van der Waals surface area contributed by atoms with E-state index in [1.54, 1.807) is 36.4 Å². The Hall–Kier alpha value is -3.79. The number of quaternary nitrogens is 1. The van der Waals surface area contributed by atoms with Crippen molar-refractivity contribution in [2.45, 2.75) is 19.4 Å². The third kappa shape index (κ3) is 4.30. The minimum atomic E-state index is -0.423. The fourth-order valence-corrected chi connectivity index (χ4v) is 4.31. The number of hydrogen-bond acceptors (Lipinski definition) is 6. The SMILES string of the molecule is CC(=O)Nc1ccc(N2C(=O)C[C@H]([NH+]3CCN(c4ccc([N+](=O)[O-])cc4)CC3)C2=O)cc1. The summed E-state index contributed by atoms with van der Waals surface area (Å²) in [6.07, 6.45) is 0.166. The standard InChI is InChI=1S/C22H23N5O5/c1-15(28)23-16-2-4-18(5-3-16)26-21(29)14-20(22(26)30)25-12-10-24(11-13-25)17-6-8-19(9-7-17)27(31)32/h2-9,20H,10-14H2,1H3,(H,23,28)/p+1/t20-/m0/s1. The van der Waals surface area contributed by atoms with E-state index >= 15 is 0 Å². The van der Waals surface area contributed by atoms with E-state index in [1.807, 2.05) is 0 Å². The minimum Gasteiger partial charge on any atom is -0.360 e. The second-order valence-electron chi connectivity index (χ2n) is 7.97. The molecular weight excluding hydrogens is 414 g/mol. The Morgan fingerprint density at radius 3 is 2.19 bits per heavy atom. The van der Waals surface area contributed by atoms with Gasteiger partial charge in [-0.2, -0.15) is 0 Å². The number of rotatable bonds is 5. The van der Waals surface area contributed by atoms with Crippen LogP contribution in [0.25, 0.3) is 0 Å². The molecule has 2 aromatic rings. The lowest BCUT2D eigenvalue weighted by atomic mass is 10.1. The zero-order chi connectivity index (χ0) is 22.8. The molecule has 2 aliphatic rings. The van der Waals surface area contributed by atoms with E-state index in [-0.39, 0.29) is 29.8 Å². The van der Waals surface area contributed by atoms with Gasteiger partial charge >= 0.3 is 0 Å². The maximum atomic E-state index is 13.1. The Morgan fingerprint density at radius 2 is 1.62 bits per heavy atom. The summed E-state index contributed by atoms with van der Waals surface area (Å²) < 4.78 is 0. The van der Waals surface area contributed by atoms with E-state index in [4.69, 9.17) is 0 Å². The third-order valence-electron chi connectivity index (χ3n) is 5.92. The number of imide groups is 1. The van der Waals surface area contributed by atoms with Crippen LogP contribution in [0.5, 0.6) is 0 Å². The van der Waals surface area contributed by atoms with Gasteiger partial charge in [0, 0.05) is 30.4 Å². The van der Waals surface area contributed by atoms with E-state index < -0.39 is 11.0 Å². The first-order valence-corrected chi connectivity index (χ1v) is 10.4. The summed E-state index contributed by atoms with van der Waals surface area (Å²) in [5.41, 5.74) is 2.06. The number of benzene rings is 2. The number of anilines is 3. The molecule has 1 atom stereocenters. The number of amides is 3. The van der Waals surface area contributed by atoms with E-state index in [2.05, 4.69) is 10.2 Å². The molecule has 2 saturated heterocycles. The summed E-state index contributed by atoms with van der Waals surface area (Å²) in [4.78, 5) is 51.7. The van der Waals surface area contributed by atoms with Crippen LogP contribution in [0.1, 0.15) is 13.3 Å². The molecule has 3 amide bonds. The molecule has 166 valence electrons. The molecular formula is C22H24N5O5+. The number of nitrogens with one attached hydrogen (secondary N) is 2. The highest BCUT2D eigenvalue weighted by molar-refractivity contribution is 6.21. The van der Waals surface area contributed by atoms with Crippen molar-refractivity contribution in [1.82, 2.24) is 0 Å². The second-order valence-corrected chi connectivity index (χ2v) is 7.97. The number of hydrogen-bond donors (Lipinski definition) is 2. The number of carbonyl (C=O) groups excluding carboxylic acids is 3. The van der Waals surface area contributed by atoms with E-state index in [0.717, 1.165) is 10.6 Å². The Balaban J connectivity index is 1.39. The van der Waals surface area contributed by atoms with Gasteiger partial charge in [-0.1, -0.05) is 0 Å². The Morgan fingerprint density at radius 1 is 1.03 bits per heavy atom. The van der Waals surface area contributed by atoms with Crippen molar-refractivity contribution < 1.29 is 24.2 Å². The van der Waals surface area contributed by atoms with Crippen molar-refractivity contribution in [2.24, 2.45) is 0 Å². The van der Waals surface area contributed by atoms with Gasteiger partial charge in [-0.15, -0.1) is 0 Å². The summed E-state index contributed by atoms with van der Waals surface area (Å²) in [5.74, 6) is -0.624. The lowest BCUT2D eigenvalue weighted by Gasteiger charge is -2.35. The molecule has 0 spiro atoms. The van der Waals surface area contributed by atoms with Gasteiger partial charge in [-0.25, -0.2) is 4.90 Å². The van der Waals surface area contributed by atoms with Crippen molar-refractivity contribution >= 4 is 40.5 Å². The van der Waals surface area contributed by atoms with E-state index in [0.29, 0.717) is 37.6 Å². The molecule has 2 heterocycles. The van der Waals surface area contributed by atoms with Crippen LogP contribution in [-0.4, -0.2) is 54.9 Å². The molecule has 0 radical (unpaired) electrons. The predicted molar refractivity (Wildman–Crippen MR) is 118 cm³/mol. The van der Waals surface area contributed by atoms with Crippen LogP contribution in [0.4, 0.5) is 22.7 Å². The smallest absolute Gasteiger partial charge is 0.292 e. The van der Waals surface area contributed by atoms with Gasteiger partial charge < -0.3 is 15.1 Å². The quantitative estimate of drug-likeness (QED) is 0.401. The van der Waals surface area contributed by atoms with Gasteiger partial charge in [0.05, 0.1) is 43.2 Å². The maximum absolute atomic E-state index is 13.1. The molecule has 0 aromatic heterocycles. The molecule has 0 bridgehead atoms. The van der Waals surface area contributed by atoms with Crippen LogP contribution >= 0.6 is 0 Å². The first-order valence-electron chi connectivity index (χ1n) is 10.4. The highest BCUT2D eigenvalue weighted by Gasteiger charge is 2.46. The lowest BCUT2D eigenvalue weighted by molar-refractivity contribution is -0.915. The average molecular weight is 438 g/mol. The first-order chi connectivity index (χ1) is 15.3. The van der Waals surface area contributed by atoms with Gasteiger partial charge in [0.1, 0.15) is 0 Å². The molecule has 4 rings (SSSR count). The fourth-order valence-electron chi connectivity index (χ4n) is 4.31. The van der Waals surface area contributed by atoms with Gasteiger partial charge in [0.25, 0.3) is 11.6 Å². The zero-order valence-corrected chi connectivity index (χ0v) is 17.6. The van der Waals surface area contributed by atoms with Crippen molar-refractivity contribution in [3.63, 3.8) is 0 Å². The van der Waals surface area contributed by atoms with Crippen LogP contribution in [0.2, 0.25) is 0 Å². The summed E-state index contributed by atoms with van der Waals surface area (Å²) in [5, 5.41) is 13.5. The van der Waals surface area contributed by atoms with Crippen molar-refractivity contribution in [3.8, 4) is 0 Å². The summed E-state index contributed by atoms with van der Waals surface area (Å²) >= 11 is 0. The van der Waals surface area contributed by atoms with Crippen molar-refractivity contribution in [2.75, 3.05) is 41.3 Å². The van der Waals surface area contributed by atoms with Crippen LogP contribution < -0.4 is 20.0 Å². The Bertz CT molecular complexity index is 1050. The second kappa shape index (κ2) is 8.75. The van der Waals surface area contributed by atoms with Gasteiger partial charge in [0.2, 0.25) is 11.8 Å². The fraction of sp³-hybridized carbons (Fsp3) is 0.318. The number of nitro benzene ring substituents is 1. The maximum Gasteiger partial charge on any atom is 0.292 e. The van der Waals surface area contributed by atoms with Crippen molar-refractivity contribution in [1.29, 1.82) is 0 Å². The number of non-ortho nitro benzene ring substituents is 1. The molecule has 0 saturated carbocycles. The molecule has 32 heavy (non-hydrogen) atoms. The zero-order valence-electron chi connectivity index (χ0n) is 17.6. The van der Waals surface area contributed by atoms with Crippen LogP contribution in [-0.2, 0) is 14.4 Å². The molecule has 0 aliphatic carbocycles. The largest absolute Gasteiger partial charge is 0.360 e. The van der Waals surface area contributed by atoms with Gasteiger partial charge in [0.15, 0.2) is 6.04 Å². The molecule has 10 heteroatoms. The average Bonchev–Trinajstić information content (AvgIpc) is 3.08. The van der Waals surface area contributed by atoms with Crippen molar-refractivity contribution in [3.05, 3.63) is 58.6 Å². The number of carbonyl (C=O) groups is 3. The van der Waals surface area contributed by atoms with Crippen LogP contribution in [0.3, 0.4) is 0 Å². The summed E-state index contributed by atoms with van der Waals surface area (Å²) in [6.45, 7) is 4.18. The Kier molecular flexibility index (Phi) is 5.87. The number of nitrogens with zero attached hydrogens (tertiary/aromatic N) is 3. The molecule has 2 aromatic carbocycles. The van der Waals surface area contributed by atoms with E-state index in [1.165, 1.54) is 24.0 Å². The topological polar surface area (TPSA) is 117 Å². The normalized spacial score (nSPS) is 19.3. The highest BCUT2D eigenvalue weighted by atomic mass is 16.6. The number of nitro groups is 1. The summed E-state index contributed by atoms with van der Waals surface area (Å²) in [6, 6.07) is 12.7. The molecule has 0 unspecified atom stereocenters. The third-order valence-corrected chi connectivity index (χ3v) is 5.92. The van der Waals surface area contributed by atoms with E-state index in [9.17, 15) is 24.5 Å². The molecule has 10 nitrogen and oxygen atoms in total. The minimum absolute atomic E-state index is 0.0540.